The second kappa shape index (κ2) is 12.1. The maximum absolute atomic E-state index is 9.98. The summed E-state index contributed by atoms with van der Waals surface area (Å²) in [6.07, 6.45) is 0. The zero-order valence-electron chi connectivity index (χ0n) is 7.65. The lowest BCUT2D eigenvalue weighted by atomic mass is 10.4. The van der Waals surface area contributed by atoms with Gasteiger partial charge in [-0.3, -0.25) is 4.79 Å². The van der Waals surface area contributed by atoms with E-state index in [1.165, 1.54) is 0 Å². The lowest BCUT2D eigenvalue weighted by molar-refractivity contribution is -0.306. The smallest absolute Gasteiger partial charge is 0.313 e. The van der Waals surface area contributed by atoms with Crippen LogP contribution in [0.2, 0.25) is 0 Å². The molecule has 0 aliphatic carbocycles. The summed E-state index contributed by atoms with van der Waals surface area (Å²) < 4.78 is 0. The fraction of sp³-hybridized carbons (Fsp3) is 0.600. The van der Waals surface area contributed by atoms with Crippen molar-refractivity contribution in [3.05, 3.63) is 0 Å². The molecule has 0 heterocycles. The monoisotopic (exact) mass is 232 g/mol. The van der Waals surface area contributed by atoms with Crippen molar-refractivity contribution < 1.29 is 30.8 Å². The van der Waals surface area contributed by atoms with Crippen LogP contribution in [0.3, 0.4) is 0 Å². The molecule has 0 fully saturated rings. The van der Waals surface area contributed by atoms with E-state index in [1.807, 2.05) is 0 Å². The predicted molar refractivity (Wildman–Crippen MR) is 51.2 cm³/mol. The molecule has 0 saturated heterocycles. The van der Waals surface area contributed by atoms with E-state index < -0.39 is 18.0 Å². The van der Waals surface area contributed by atoms with E-state index in [0.717, 1.165) is 11.8 Å². The molecule has 0 aromatic carbocycles. The lowest BCUT2D eigenvalue weighted by Crippen LogP contribution is -2.43. The Morgan fingerprint density at radius 1 is 1.43 bits per heavy atom. The zero-order valence-corrected chi connectivity index (χ0v) is 8.47. The Labute approximate surface area is 84.7 Å². The van der Waals surface area contributed by atoms with Crippen LogP contribution in [0.4, 0.5) is 0 Å². The van der Waals surface area contributed by atoms with Gasteiger partial charge in [0.05, 0.1) is 17.8 Å². The Kier molecular flexibility index (Phi) is 20.1. The summed E-state index contributed by atoms with van der Waals surface area (Å²) >= 11 is 0.952. The SMILES string of the molecule is N[C@H](CSCC(=O)O)C(=O)[O-].O.O.[NH4+]. The Morgan fingerprint density at radius 2 is 1.86 bits per heavy atom. The maximum Gasteiger partial charge on any atom is 0.313 e. The summed E-state index contributed by atoms with van der Waals surface area (Å²) in [6.45, 7) is 0. The number of carbonyl (C=O) groups excluding carboxylic acids is 1. The largest absolute Gasteiger partial charge is 0.548 e. The minimum absolute atomic E-state index is 0. The third-order valence-corrected chi connectivity index (χ3v) is 1.87. The number of carbonyl (C=O) groups is 2. The molecular weight excluding hydrogens is 216 g/mol. The van der Waals surface area contributed by atoms with Crippen molar-refractivity contribution in [2.45, 2.75) is 6.04 Å². The van der Waals surface area contributed by atoms with Gasteiger partial charge in [0.1, 0.15) is 0 Å². The minimum Gasteiger partial charge on any atom is -0.548 e. The van der Waals surface area contributed by atoms with E-state index >= 15 is 0 Å². The van der Waals surface area contributed by atoms with E-state index in [0.29, 0.717) is 0 Å². The number of aliphatic carboxylic acids is 2. The highest BCUT2D eigenvalue weighted by molar-refractivity contribution is 8.00. The van der Waals surface area contributed by atoms with Gasteiger partial charge < -0.3 is 37.8 Å². The quantitative estimate of drug-likeness (QED) is 0.440. The molecular formula is C5H16N2O6S. The fourth-order valence-corrected chi connectivity index (χ4v) is 1.02. The highest BCUT2D eigenvalue weighted by Gasteiger charge is 2.04. The molecule has 1 atom stereocenters. The standard InChI is InChI=1S/C5H9NO4S.H3N.2H2O/c6-3(5(9)10)1-11-2-4(7)8;;;/h3H,1-2,6H2,(H,7,8)(H,9,10);1H3;2*1H2/t3-;;;/m1.../s1. The van der Waals surface area contributed by atoms with E-state index in [4.69, 9.17) is 10.8 Å². The number of hydrogen-bond donors (Lipinski definition) is 3. The van der Waals surface area contributed by atoms with Crippen molar-refractivity contribution in [3.8, 4) is 0 Å². The van der Waals surface area contributed by atoms with Crippen molar-refractivity contribution in [2.24, 2.45) is 5.73 Å². The van der Waals surface area contributed by atoms with Crippen LogP contribution < -0.4 is 17.0 Å². The van der Waals surface area contributed by atoms with Gasteiger partial charge in [0.2, 0.25) is 0 Å². The van der Waals surface area contributed by atoms with Crippen molar-refractivity contribution in [3.63, 3.8) is 0 Å². The molecule has 0 unspecified atom stereocenters. The van der Waals surface area contributed by atoms with Crippen LogP contribution in [0.1, 0.15) is 0 Å². The van der Waals surface area contributed by atoms with Gasteiger partial charge in [-0.25, -0.2) is 0 Å². The average Bonchev–Trinajstić information content (AvgIpc) is 1.86. The van der Waals surface area contributed by atoms with Crippen LogP contribution in [0.5, 0.6) is 0 Å². The van der Waals surface area contributed by atoms with Crippen LogP contribution in [-0.4, -0.2) is 45.5 Å². The first-order chi connectivity index (χ1) is 5.04. The van der Waals surface area contributed by atoms with Gasteiger partial charge in [-0.1, -0.05) is 0 Å². The lowest BCUT2D eigenvalue weighted by Gasteiger charge is -2.10. The van der Waals surface area contributed by atoms with Gasteiger partial charge in [0.15, 0.2) is 0 Å². The molecule has 0 saturated carbocycles. The Balaban J connectivity index is -0.000000167. The van der Waals surface area contributed by atoms with Crippen molar-refractivity contribution >= 4 is 23.7 Å². The second-order valence-corrected chi connectivity index (χ2v) is 2.86. The Morgan fingerprint density at radius 3 is 2.14 bits per heavy atom. The summed E-state index contributed by atoms with van der Waals surface area (Å²) in [5.41, 5.74) is 5.03. The number of rotatable bonds is 5. The van der Waals surface area contributed by atoms with Crippen LogP contribution in [0, 0.1) is 0 Å². The predicted octanol–water partition coefficient (Wildman–Crippen LogP) is -3.39. The Hall–Kier alpha value is -0.870. The number of thioether (sulfide) groups is 1. The van der Waals surface area contributed by atoms with Crippen molar-refractivity contribution in [1.82, 2.24) is 6.15 Å². The molecule has 0 aromatic heterocycles. The van der Waals surface area contributed by atoms with Gasteiger partial charge >= 0.3 is 5.97 Å². The number of hydrogen-bond acceptors (Lipinski definition) is 5. The number of carboxylic acids is 2. The molecule has 0 aromatic rings. The van der Waals surface area contributed by atoms with E-state index in [1.54, 1.807) is 0 Å². The molecule has 0 rings (SSSR count). The molecule has 11 N–H and O–H groups in total. The van der Waals surface area contributed by atoms with Crippen molar-refractivity contribution in [2.75, 3.05) is 11.5 Å². The third-order valence-electron chi connectivity index (χ3n) is 0.826. The second-order valence-electron chi connectivity index (χ2n) is 1.83. The topological polar surface area (TPSA) is 203 Å². The number of quaternary nitrogens is 1. The molecule has 0 bridgehead atoms. The van der Waals surface area contributed by atoms with Gasteiger partial charge in [-0.2, -0.15) is 0 Å². The molecule has 14 heavy (non-hydrogen) atoms. The van der Waals surface area contributed by atoms with Crippen molar-refractivity contribution in [1.29, 1.82) is 0 Å². The summed E-state index contributed by atoms with van der Waals surface area (Å²) in [4.78, 5) is 19.9. The highest BCUT2D eigenvalue weighted by atomic mass is 32.2. The molecule has 0 radical (unpaired) electrons. The van der Waals surface area contributed by atoms with Crippen LogP contribution in [0.15, 0.2) is 0 Å². The summed E-state index contributed by atoms with van der Waals surface area (Å²) in [5, 5.41) is 18.1. The first kappa shape index (κ1) is 23.2. The summed E-state index contributed by atoms with van der Waals surface area (Å²) in [7, 11) is 0. The highest BCUT2D eigenvalue weighted by Crippen LogP contribution is 2.00. The van der Waals surface area contributed by atoms with E-state index in [2.05, 4.69) is 0 Å². The van der Waals surface area contributed by atoms with E-state index in [9.17, 15) is 14.7 Å². The maximum atomic E-state index is 9.98. The molecule has 0 aliphatic heterocycles. The minimum atomic E-state index is -1.36. The summed E-state index contributed by atoms with van der Waals surface area (Å²) in [5.74, 6) is -2.42. The molecule has 0 amide bonds. The molecule has 0 spiro atoms. The van der Waals surface area contributed by atoms with Gasteiger partial charge in [0.25, 0.3) is 0 Å². The fourth-order valence-electron chi connectivity index (χ4n) is 0.341. The normalized spacial score (nSPS) is 9.79. The van der Waals surface area contributed by atoms with Crippen LogP contribution >= 0.6 is 11.8 Å². The third kappa shape index (κ3) is 13.7. The van der Waals surface area contributed by atoms with E-state index in [-0.39, 0.29) is 28.6 Å². The molecule has 0 aliphatic rings. The summed E-state index contributed by atoms with van der Waals surface area (Å²) in [6, 6.07) is -1.08. The average molecular weight is 232 g/mol. The Bertz CT molecular complexity index is 166. The van der Waals surface area contributed by atoms with Gasteiger partial charge in [0, 0.05) is 5.75 Å². The van der Waals surface area contributed by atoms with Crippen LogP contribution in [-0.2, 0) is 9.59 Å². The van der Waals surface area contributed by atoms with Crippen LogP contribution in [0.25, 0.3) is 0 Å². The molecule has 88 valence electrons. The van der Waals surface area contributed by atoms with Gasteiger partial charge in [-0.05, 0) is 0 Å². The first-order valence-electron chi connectivity index (χ1n) is 2.80. The van der Waals surface area contributed by atoms with Gasteiger partial charge in [-0.15, -0.1) is 11.8 Å². The molecule has 9 heteroatoms. The molecule has 8 nitrogen and oxygen atoms in total. The zero-order chi connectivity index (χ0) is 8.85. The number of carboxylic acid groups (broad SMARTS) is 2. The number of nitrogens with two attached hydrogens (primary N) is 1. The first-order valence-corrected chi connectivity index (χ1v) is 3.95.